The smallest absolute Gasteiger partial charge is 0.274 e. The molecule has 6 heteroatoms. The van der Waals surface area contributed by atoms with Crippen molar-refractivity contribution in [3.8, 4) is 5.69 Å². The lowest BCUT2D eigenvalue weighted by Crippen LogP contribution is -2.38. The van der Waals surface area contributed by atoms with Crippen LogP contribution in [0.2, 0.25) is 0 Å². The van der Waals surface area contributed by atoms with Crippen LogP contribution in [0.1, 0.15) is 36.2 Å². The Morgan fingerprint density at radius 3 is 2.71 bits per heavy atom. The molecule has 1 aromatic heterocycles. The molecule has 1 fully saturated rings. The Morgan fingerprint density at radius 1 is 1.29 bits per heavy atom. The van der Waals surface area contributed by atoms with E-state index in [2.05, 4.69) is 5.10 Å². The highest BCUT2D eigenvalue weighted by Gasteiger charge is 2.26. The minimum atomic E-state index is -0.328. The number of carbonyl (C=O) groups is 1. The van der Waals surface area contributed by atoms with Gasteiger partial charge in [0.1, 0.15) is 5.82 Å². The molecular formula is C18H22FN3O2. The quantitative estimate of drug-likeness (QED) is 0.937. The van der Waals surface area contributed by atoms with Gasteiger partial charge in [-0.25, -0.2) is 9.07 Å². The monoisotopic (exact) mass is 331 g/mol. The fourth-order valence-corrected chi connectivity index (χ4v) is 3.21. The topological polar surface area (TPSA) is 58.4 Å². The Kier molecular flexibility index (Phi) is 4.94. The average molecular weight is 331 g/mol. The summed E-state index contributed by atoms with van der Waals surface area (Å²) in [4.78, 5) is 14.2. The van der Waals surface area contributed by atoms with E-state index >= 15 is 0 Å². The van der Waals surface area contributed by atoms with Gasteiger partial charge in [0.15, 0.2) is 5.69 Å². The van der Waals surface area contributed by atoms with Crippen LogP contribution in [0, 0.1) is 11.7 Å². The number of hydrogen-bond donors (Lipinski definition) is 1. The number of aliphatic hydroxyl groups is 1. The van der Waals surface area contributed by atoms with Gasteiger partial charge in [-0.1, -0.05) is 12.8 Å². The molecule has 1 aliphatic rings. The van der Waals surface area contributed by atoms with Crippen LogP contribution < -0.4 is 0 Å². The maximum Gasteiger partial charge on any atom is 0.274 e. The van der Waals surface area contributed by atoms with Gasteiger partial charge in [-0.2, -0.15) is 5.10 Å². The molecular weight excluding hydrogens is 309 g/mol. The molecule has 0 spiro atoms. The number of carbonyl (C=O) groups excluding carboxylic acids is 1. The van der Waals surface area contributed by atoms with E-state index in [4.69, 9.17) is 0 Å². The van der Waals surface area contributed by atoms with E-state index < -0.39 is 0 Å². The van der Waals surface area contributed by atoms with Crippen LogP contribution in [0.3, 0.4) is 0 Å². The second-order valence-electron chi connectivity index (χ2n) is 6.42. The van der Waals surface area contributed by atoms with E-state index in [-0.39, 0.29) is 23.7 Å². The molecule has 2 aromatic rings. The number of rotatable bonds is 4. The summed E-state index contributed by atoms with van der Waals surface area (Å²) >= 11 is 0. The summed E-state index contributed by atoms with van der Waals surface area (Å²) < 4.78 is 14.5. The molecule has 1 aromatic carbocycles. The predicted molar refractivity (Wildman–Crippen MR) is 88.4 cm³/mol. The molecule has 5 nitrogen and oxygen atoms in total. The average Bonchev–Trinajstić information content (AvgIpc) is 3.07. The van der Waals surface area contributed by atoms with Crippen molar-refractivity contribution in [1.82, 2.24) is 14.7 Å². The van der Waals surface area contributed by atoms with E-state index in [1.807, 2.05) is 0 Å². The van der Waals surface area contributed by atoms with Gasteiger partial charge in [-0.05, 0) is 43.2 Å². The van der Waals surface area contributed by atoms with Gasteiger partial charge in [0.05, 0.1) is 11.8 Å². The second-order valence-corrected chi connectivity index (χ2v) is 6.42. The maximum atomic E-state index is 13.0. The summed E-state index contributed by atoms with van der Waals surface area (Å²) in [6, 6.07) is 7.58. The van der Waals surface area contributed by atoms with E-state index in [1.54, 1.807) is 41.0 Å². The molecule has 1 N–H and O–H groups in total. The molecule has 1 heterocycles. The van der Waals surface area contributed by atoms with Gasteiger partial charge in [0.25, 0.3) is 5.91 Å². The van der Waals surface area contributed by atoms with Gasteiger partial charge in [-0.15, -0.1) is 0 Å². The van der Waals surface area contributed by atoms with Crippen LogP contribution in [0.25, 0.3) is 5.69 Å². The number of benzene rings is 1. The lowest BCUT2D eigenvalue weighted by atomic mass is 9.86. The van der Waals surface area contributed by atoms with E-state index in [0.29, 0.717) is 17.9 Å². The van der Waals surface area contributed by atoms with Crippen LogP contribution in [0.15, 0.2) is 36.5 Å². The van der Waals surface area contributed by atoms with E-state index in [9.17, 15) is 14.3 Å². The summed E-state index contributed by atoms with van der Waals surface area (Å²) in [6.45, 7) is 0.531. The molecule has 128 valence electrons. The third-order valence-electron chi connectivity index (χ3n) is 4.62. The Morgan fingerprint density at radius 2 is 2.00 bits per heavy atom. The van der Waals surface area contributed by atoms with Crippen molar-refractivity contribution in [3.05, 3.63) is 48.0 Å². The van der Waals surface area contributed by atoms with Crippen molar-refractivity contribution in [2.24, 2.45) is 5.92 Å². The standard InChI is InChI=1S/C18H22FN3O2/c1-21(12-13-4-2-3-5-17(13)23)18(24)16-10-11-22(20-16)15-8-6-14(19)7-9-15/h6-11,13,17,23H,2-5,12H2,1H3. The van der Waals surface area contributed by atoms with E-state index in [1.165, 1.54) is 12.1 Å². The number of nitrogens with zero attached hydrogens (tertiary/aromatic N) is 3. The first kappa shape index (κ1) is 16.6. The minimum absolute atomic E-state index is 0.131. The van der Waals surface area contributed by atoms with E-state index in [0.717, 1.165) is 25.7 Å². The Labute approximate surface area is 140 Å². The van der Waals surface area contributed by atoms with Gasteiger partial charge >= 0.3 is 0 Å². The van der Waals surface area contributed by atoms with Crippen molar-refractivity contribution in [1.29, 1.82) is 0 Å². The predicted octanol–water partition coefficient (Wildman–Crippen LogP) is 2.63. The van der Waals surface area contributed by atoms with Gasteiger partial charge in [0.2, 0.25) is 0 Å². The Hall–Kier alpha value is -2.21. The summed E-state index contributed by atoms with van der Waals surface area (Å²) in [5.41, 5.74) is 1.04. The van der Waals surface area contributed by atoms with Crippen molar-refractivity contribution >= 4 is 5.91 Å². The Balaban J connectivity index is 1.67. The first-order chi connectivity index (χ1) is 11.5. The van der Waals surface area contributed by atoms with Crippen molar-refractivity contribution in [2.75, 3.05) is 13.6 Å². The molecule has 1 aliphatic carbocycles. The lowest BCUT2D eigenvalue weighted by molar-refractivity contribution is 0.0448. The number of hydrogen-bond acceptors (Lipinski definition) is 3. The fraction of sp³-hybridized carbons (Fsp3) is 0.444. The zero-order valence-electron chi connectivity index (χ0n) is 13.7. The molecule has 2 unspecified atom stereocenters. The molecule has 0 radical (unpaired) electrons. The highest BCUT2D eigenvalue weighted by molar-refractivity contribution is 5.92. The number of halogens is 1. The fourth-order valence-electron chi connectivity index (χ4n) is 3.21. The zero-order chi connectivity index (χ0) is 17.1. The number of aliphatic hydroxyl groups excluding tert-OH is 1. The molecule has 0 aliphatic heterocycles. The van der Waals surface area contributed by atoms with Crippen LogP contribution in [-0.4, -0.2) is 45.4 Å². The molecule has 2 atom stereocenters. The minimum Gasteiger partial charge on any atom is -0.393 e. The summed E-state index contributed by atoms with van der Waals surface area (Å²) in [5, 5.41) is 14.3. The molecule has 3 rings (SSSR count). The van der Waals surface area contributed by atoms with Crippen molar-refractivity contribution in [3.63, 3.8) is 0 Å². The molecule has 0 saturated heterocycles. The normalized spacial score (nSPS) is 20.8. The number of aromatic nitrogens is 2. The number of amides is 1. The van der Waals surface area contributed by atoms with Crippen LogP contribution in [0.5, 0.6) is 0 Å². The first-order valence-electron chi connectivity index (χ1n) is 8.30. The van der Waals surface area contributed by atoms with Crippen molar-refractivity contribution in [2.45, 2.75) is 31.8 Å². The van der Waals surface area contributed by atoms with Crippen LogP contribution >= 0.6 is 0 Å². The maximum absolute atomic E-state index is 13.0. The first-order valence-corrected chi connectivity index (χ1v) is 8.30. The van der Waals surface area contributed by atoms with Crippen molar-refractivity contribution < 1.29 is 14.3 Å². The lowest BCUT2D eigenvalue weighted by Gasteiger charge is -2.30. The Bertz CT molecular complexity index is 699. The third-order valence-corrected chi connectivity index (χ3v) is 4.62. The highest BCUT2D eigenvalue weighted by atomic mass is 19.1. The summed E-state index contributed by atoms with van der Waals surface area (Å²) in [6.07, 6.45) is 5.27. The second kappa shape index (κ2) is 7.13. The van der Waals surface area contributed by atoms with Crippen LogP contribution in [-0.2, 0) is 0 Å². The summed E-state index contributed by atoms with van der Waals surface area (Å²) in [5.74, 6) is -0.353. The molecule has 0 bridgehead atoms. The van der Waals surface area contributed by atoms with Gasteiger partial charge < -0.3 is 10.0 Å². The SMILES string of the molecule is CN(CC1CCCCC1O)C(=O)c1ccn(-c2ccc(F)cc2)n1. The van der Waals surface area contributed by atoms with Crippen LogP contribution in [0.4, 0.5) is 4.39 Å². The summed E-state index contributed by atoms with van der Waals surface area (Å²) in [7, 11) is 1.74. The molecule has 1 saturated carbocycles. The zero-order valence-corrected chi connectivity index (χ0v) is 13.7. The van der Waals surface area contributed by atoms with Gasteiger partial charge in [0, 0.05) is 25.7 Å². The van der Waals surface area contributed by atoms with Gasteiger partial charge in [-0.3, -0.25) is 4.79 Å². The molecule has 24 heavy (non-hydrogen) atoms. The third kappa shape index (κ3) is 3.64. The largest absolute Gasteiger partial charge is 0.393 e. The highest BCUT2D eigenvalue weighted by Crippen LogP contribution is 2.25. The molecule has 1 amide bonds.